The van der Waals surface area contributed by atoms with Gasteiger partial charge in [0.25, 0.3) is 0 Å². The van der Waals surface area contributed by atoms with Crippen molar-refractivity contribution < 1.29 is 17.6 Å². The summed E-state index contributed by atoms with van der Waals surface area (Å²) in [6, 6.07) is 13.3. The number of hydrogen-bond acceptors (Lipinski definition) is 3. The van der Waals surface area contributed by atoms with Crippen LogP contribution in [0.1, 0.15) is 0 Å². The van der Waals surface area contributed by atoms with Crippen LogP contribution < -0.4 is 10.0 Å². The van der Waals surface area contributed by atoms with Gasteiger partial charge in [0.1, 0.15) is 5.82 Å². The summed E-state index contributed by atoms with van der Waals surface area (Å²) in [7, 11) is -3.76. The summed E-state index contributed by atoms with van der Waals surface area (Å²) >= 11 is 0. The van der Waals surface area contributed by atoms with Gasteiger partial charge < -0.3 is 5.32 Å². The number of para-hydroxylation sites is 1. The van der Waals surface area contributed by atoms with E-state index in [1.165, 1.54) is 30.3 Å². The van der Waals surface area contributed by atoms with Crippen LogP contribution in [0.5, 0.6) is 0 Å². The molecule has 2 aromatic carbocycles. The molecule has 0 saturated carbocycles. The summed E-state index contributed by atoms with van der Waals surface area (Å²) < 4.78 is 39.3. The average Bonchev–Trinajstić information content (AvgIpc) is 2.49. The second kappa shape index (κ2) is 6.47. The molecule has 5 nitrogen and oxygen atoms in total. The Morgan fingerprint density at radius 2 is 1.62 bits per heavy atom. The molecule has 0 fully saturated rings. The molecule has 2 N–H and O–H groups in total. The van der Waals surface area contributed by atoms with Gasteiger partial charge in [-0.2, -0.15) is 0 Å². The minimum atomic E-state index is -3.76. The Morgan fingerprint density at radius 3 is 2.29 bits per heavy atom. The molecule has 0 spiro atoms. The Kier molecular flexibility index (Phi) is 4.66. The molecule has 2 rings (SSSR count). The quantitative estimate of drug-likeness (QED) is 0.883. The van der Waals surface area contributed by atoms with Crippen LogP contribution in [0.2, 0.25) is 0 Å². The van der Waals surface area contributed by atoms with Gasteiger partial charge in [-0.05, 0) is 24.3 Å². The summed E-state index contributed by atoms with van der Waals surface area (Å²) in [5, 5.41) is 2.29. The minimum Gasteiger partial charge on any atom is -0.322 e. The fourth-order valence-corrected chi connectivity index (χ4v) is 2.60. The molecular formula is C14H13FN2O3S. The molecular weight excluding hydrogens is 295 g/mol. The van der Waals surface area contributed by atoms with E-state index in [1.807, 2.05) is 0 Å². The van der Waals surface area contributed by atoms with Gasteiger partial charge in [-0.25, -0.2) is 17.5 Å². The van der Waals surface area contributed by atoms with Gasteiger partial charge in [0.05, 0.1) is 17.1 Å². The summed E-state index contributed by atoms with van der Waals surface area (Å²) in [5.41, 5.74) is 0.00130. The Morgan fingerprint density at radius 1 is 1.00 bits per heavy atom. The number of benzene rings is 2. The number of carbonyl (C=O) groups is 1. The van der Waals surface area contributed by atoms with Crippen molar-refractivity contribution in [3.8, 4) is 0 Å². The molecule has 110 valence electrons. The predicted octanol–water partition coefficient (Wildman–Crippen LogP) is 1.74. The lowest BCUT2D eigenvalue weighted by atomic mass is 10.3. The van der Waals surface area contributed by atoms with Gasteiger partial charge in [0.15, 0.2) is 0 Å². The Balaban J connectivity index is 1.97. The van der Waals surface area contributed by atoms with E-state index in [0.717, 1.165) is 0 Å². The number of nitrogens with one attached hydrogen (secondary N) is 2. The molecule has 1 amide bonds. The highest BCUT2D eigenvalue weighted by molar-refractivity contribution is 7.89. The molecule has 0 heterocycles. The SMILES string of the molecule is O=C(CNS(=O)(=O)c1ccccc1)Nc1ccccc1F. The number of anilines is 1. The zero-order chi connectivity index (χ0) is 15.3. The Labute approximate surface area is 121 Å². The topological polar surface area (TPSA) is 75.3 Å². The molecule has 21 heavy (non-hydrogen) atoms. The third-order valence-corrected chi connectivity index (χ3v) is 4.04. The fraction of sp³-hybridized carbons (Fsp3) is 0.0714. The highest BCUT2D eigenvalue weighted by Gasteiger charge is 2.15. The van der Waals surface area contributed by atoms with Gasteiger partial charge in [-0.1, -0.05) is 30.3 Å². The number of hydrogen-bond donors (Lipinski definition) is 2. The molecule has 0 aliphatic carbocycles. The first-order chi connectivity index (χ1) is 9.99. The van der Waals surface area contributed by atoms with Crippen LogP contribution in [0, 0.1) is 5.82 Å². The summed E-state index contributed by atoms with van der Waals surface area (Å²) in [6.45, 7) is -0.481. The highest BCUT2D eigenvalue weighted by atomic mass is 32.2. The first kappa shape index (κ1) is 15.1. The third-order valence-electron chi connectivity index (χ3n) is 2.62. The van der Waals surface area contributed by atoms with Crippen LogP contribution in [0.15, 0.2) is 59.5 Å². The minimum absolute atomic E-state index is 0.00130. The lowest BCUT2D eigenvalue weighted by Crippen LogP contribution is -2.33. The Bertz CT molecular complexity index is 733. The van der Waals surface area contributed by atoms with Gasteiger partial charge in [0.2, 0.25) is 15.9 Å². The van der Waals surface area contributed by atoms with E-state index in [2.05, 4.69) is 10.0 Å². The molecule has 0 saturated heterocycles. The first-order valence-electron chi connectivity index (χ1n) is 6.08. The smallest absolute Gasteiger partial charge is 0.241 e. The number of sulfonamides is 1. The lowest BCUT2D eigenvalue weighted by Gasteiger charge is -2.08. The van der Waals surface area contributed by atoms with Crippen molar-refractivity contribution in [2.45, 2.75) is 4.90 Å². The van der Waals surface area contributed by atoms with Crippen molar-refractivity contribution in [3.63, 3.8) is 0 Å². The third kappa shape index (κ3) is 4.11. The predicted molar refractivity (Wildman–Crippen MR) is 76.7 cm³/mol. The van der Waals surface area contributed by atoms with Crippen LogP contribution in [0.3, 0.4) is 0 Å². The maximum atomic E-state index is 13.3. The summed E-state index contributed by atoms with van der Waals surface area (Å²) in [4.78, 5) is 11.7. The van der Waals surface area contributed by atoms with Crippen LogP contribution in [0.25, 0.3) is 0 Å². The number of halogens is 1. The van der Waals surface area contributed by atoms with Crippen molar-refractivity contribution in [1.29, 1.82) is 0 Å². The zero-order valence-electron chi connectivity index (χ0n) is 10.9. The van der Waals surface area contributed by atoms with Crippen LogP contribution in [0.4, 0.5) is 10.1 Å². The second-order valence-corrected chi connectivity index (χ2v) is 5.93. The van der Waals surface area contributed by atoms with Gasteiger partial charge >= 0.3 is 0 Å². The fourth-order valence-electron chi connectivity index (χ4n) is 1.60. The van der Waals surface area contributed by atoms with Crippen molar-refractivity contribution in [1.82, 2.24) is 4.72 Å². The highest BCUT2D eigenvalue weighted by Crippen LogP contribution is 2.12. The molecule has 0 atom stereocenters. The van der Waals surface area contributed by atoms with Gasteiger partial charge in [-0.15, -0.1) is 0 Å². The normalized spacial score (nSPS) is 11.1. The maximum Gasteiger partial charge on any atom is 0.241 e. The maximum absolute atomic E-state index is 13.3. The molecule has 0 radical (unpaired) electrons. The number of rotatable bonds is 5. The molecule has 0 aliphatic heterocycles. The van der Waals surface area contributed by atoms with Crippen molar-refractivity contribution in [2.75, 3.05) is 11.9 Å². The van der Waals surface area contributed by atoms with Crippen LogP contribution in [-0.4, -0.2) is 20.9 Å². The molecule has 0 unspecified atom stereocenters. The van der Waals surface area contributed by atoms with Crippen LogP contribution in [-0.2, 0) is 14.8 Å². The molecule has 2 aromatic rings. The van der Waals surface area contributed by atoms with E-state index in [0.29, 0.717) is 0 Å². The van der Waals surface area contributed by atoms with Crippen molar-refractivity contribution in [3.05, 3.63) is 60.4 Å². The molecule has 0 aromatic heterocycles. The molecule has 0 aliphatic rings. The average molecular weight is 308 g/mol. The van der Waals surface area contributed by atoms with E-state index in [-0.39, 0.29) is 10.6 Å². The van der Waals surface area contributed by atoms with E-state index in [4.69, 9.17) is 0 Å². The summed E-state index contributed by atoms with van der Waals surface area (Å²) in [6.07, 6.45) is 0. The van der Waals surface area contributed by atoms with Gasteiger partial charge in [0, 0.05) is 0 Å². The largest absolute Gasteiger partial charge is 0.322 e. The summed E-state index contributed by atoms with van der Waals surface area (Å²) in [5.74, 6) is -1.24. The standard InChI is InChI=1S/C14H13FN2O3S/c15-12-8-4-5-9-13(12)17-14(18)10-16-21(19,20)11-6-2-1-3-7-11/h1-9,16H,10H2,(H,17,18). The monoisotopic (exact) mass is 308 g/mol. The van der Waals surface area contributed by atoms with Crippen molar-refractivity contribution >= 4 is 21.6 Å². The van der Waals surface area contributed by atoms with E-state index >= 15 is 0 Å². The van der Waals surface area contributed by atoms with E-state index in [1.54, 1.807) is 24.3 Å². The zero-order valence-corrected chi connectivity index (χ0v) is 11.7. The van der Waals surface area contributed by atoms with Crippen LogP contribution >= 0.6 is 0 Å². The Hall–Kier alpha value is -2.25. The molecule has 0 bridgehead atoms. The number of carbonyl (C=O) groups excluding carboxylic acids is 1. The first-order valence-corrected chi connectivity index (χ1v) is 7.56. The second-order valence-electron chi connectivity index (χ2n) is 4.17. The number of amides is 1. The van der Waals surface area contributed by atoms with E-state index in [9.17, 15) is 17.6 Å². The molecule has 7 heteroatoms. The lowest BCUT2D eigenvalue weighted by molar-refractivity contribution is -0.115. The van der Waals surface area contributed by atoms with E-state index < -0.39 is 28.3 Å². The van der Waals surface area contributed by atoms with Crippen molar-refractivity contribution in [2.24, 2.45) is 0 Å². The van der Waals surface area contributed by atoms with Gasteiger partial charge in [-0.3, -0.25) is 4.79 Å².